The normalized spacial score (nSPS) is 12.4. The van der Waals surface area contributed by atoms with E-state index in [2.05, 4.69) is 5.16 Å². The van der Waals surface area contributed by atoms with E-state index < -0.39 is 0 Å². The summed E-state index contributed by atoms with van der Waals surface area (Å²) in [7, 11) is 0. The maximum atomic E-state index is 11.4. The van der Waals surface area contributed by atoms with Crippen LogP contribution in [0.4, 0.5) is 0 Å². The van der Waals surface area contributed by atoms with Crippen LogP contribution in [-0.2, 0) is 9.53 Å². The van der Waals surface area contributed by atoms with Gasteiger partial charge in [-0.05, 0) is 32.9 Å². The van der Waals surface area contributed by atoms with E-state index in [9.17, 15) is 4.79 Å². The van der Waals surface area contributed by atoms with Gasteiger partial charge in [-0.2, -0.15) is 0 Å². The Bertz CT molecular complexity index is 584. The fourth-order valence-electron chi connectivity index (χ4n) is 2.02. The molecule has 2 rings (SSSR count). The predicted molar refractivity (Wildman–Crippen MR) is 77.5 cm³/mol. The maximum absolute atomic E-state index is 11.4. The summed E-state index contributed by atoms with van der Waals surface area (Å²) in [5.74, 6) is 0.516. The second-order valence-electron chi connectivity index (χ2n) is 4.52. The van der Waals surface area contributed by atoms with Crippen molar-refractivity contribution in [2.45, 2.75) is 33.2 Å². The van der Waals surface area contributed by atoms with Crippen molar-refractivity contribution in [2.24, 2.45) is 5.73 Å². The van der Waals surface area contributed by atoms with Crippen molar-refractivity contribution in [1.29, 1.82) is 0 Å². The van der Waals surface area contributed by atoms with Gasteiger partial charge in [0.2, 0.25) is 0 Å². The number of rotatable bonds is 5. The van der Waals surface area contributed by atoms with Crippen LogP contribution in [0, 0.1) is 13.8 Å². The minimum absolute atomic E-state index is 0.190. The van der Waals surface area contributed by atoms with Crippen LogP contribution in [0.25, 0.3) is 10.4 Å². The van der Waals surface area contributed by atoms with E-state index in [0.717, 1.165) is 26.8 Å². The quantitative estimate of drug-likeness (QED) is 0.858. The van der Waals surface area contributed by atoms with Crippen molar-refractivity contribution >= 4 is 17.3 Å². The smallest absolute Gasteiger partial charge is 0.307 e. The van der Waals surface area contributed by atoms with E-state index in [1.165, 1.54) is 0 Å². The molecule has 0 aromatic carbocycles. The Morgan fingerprint density at radius 2 is 2.25 bits per heavy atom. The fourth-order valence-corrected chi connectivity index (χ4v) is 3.18. The van der Waals surface area contributed by atoms with Crippen LogP contribution in [0.2, 0.25) is 0 Å². The second kappa shape index (κ2) is 6.19. The van der Waals surface area contributed by atoms with E-state index in [4.69, 9.17) is 15.0 Å². The van der Waals surface area contributed by atoms with Crippen molar-refractivity contribution in [2.75, 3.05) is 6.61 Å². The molecule has 0 spiro atoms. The molecule has 6 heteroatoms. The lowest BCUT2D eigenvalue weighted by atomic mass is 10.1. The van der Waals surface area contributed by atoms with Gasteiger partial charge >= 0.3 is 5.97 Å². The lowest BCUT2D eigenvalue weighted by molar-refractivity contribution is -0.143. The Kier molecular flexibility index (Phi) is 4.57. The number of carbonyl (C=O) groups is 1. The first-order valence-electron chi connectivity index (χ1n) is 6.47. The summed E-state index contributed by atoms with van der Waals surface area (Å²) in [5, 5.41) is 3.95. The van der Waals surface area contributed by atoms with Gasteiger partial charge in [-0.25, -0.2) is 0 Å². The molecule has 5 nitrogen and oxygen atoms in total. The van der Waals surface area contributed by atoms with Crippen LogP contribution >= 0.6 is 11.3 Å². The third kappa shape index (κ3) is 3.08. The van der Waals surface area contributed by atoms with E-state index in [1.54, 1.807) is 18.3 Å². The molecular formula is C14H18N2O3S. The summed E-state index contributed by atoms with van der Waals surface area (Å²) in [4.78, 5) is 13.5. The number of hydrogen-bond donors (Lipinski definition) is 1. The van der Waals surface area contributed by atoms with Gasteiger partial charge in [0.15, 0.2) is 0 Å². The molecule has 0 radical (unpaired) electrons. The molecule has 108 valence electrons. The summed E-state index contributed by atoms with van der Waals surface area (Å²) in [5.41, 5.74) is 7.90. The lowest BCUT2D eigenvalue weighted by Gasteiger charge is -2.08. The standard InChI is InChI=1S/C14H18N2O3S/c1-4-18-13(17)7-10(15)11-5-6-12(20-11)14-8(2)16-19-9(14)3/h5-6,10H,4,7,15H2,1-3H3/t10-/m0/s1. The topological polar surface area (TPSA) is 78.4 Å². The van der Waals surface area contributed by atoms with Crippen molar-refractivity contribution in [3.05, 3.63) is 28.5 Å². The Balaban J connectivity index is 2.15. The van der Waals surface area contributed by atoms with Crippen molar-refractivity contribution in [1.82, 2.24) is 5.16 Å². The van der Waals surface area contributed by atoms with Gasteiger partial charge in [0.25, 0.3) is 0 Å². The molecule has 1 atom stereocenters. The Labute approximate surface area is 121 Å². The first-order chi connectivity index (χ1) is 9.52. The van der Waals surface area contributed by atoms with Crippen molar-refractivity contribution in [3.63, 3.8) is 0 Å². The van der Waals surface area contributed by atoms with Gasteiger partial charge < -0.3 is 15.0 Å². The van der Waals surface area contributed by atoms with Gasteiger partial charge in [-0.15, -0.1) is 11.3 Å². The van der Waals surface area contributed by atoms with Crippen LogP contribution < -0.4 is 5.73 Å². The number of nitrogens with two attached hydrogens (primary N) is 1. The molecule has 2 heterocycles. The number of nitrogens with zero attached hydrogens (tertiary/aromatic N) is 1. The van der Waals surface area contributed by atoms with Gasteiger partial charge in [0.05, 0.1) is 24.3 Å². The summed E-state index contributed by atoms with van der Waals surface area (Å²) >= 11 is 1.55. The van der Waals surface area contributed by atoms with Crippen LogP contribution in [0.3, 0.4) is 0 Å². The van der Waals surface area contributed by atoms with Crippen LogP contribution in [0.5, 0.6) is 0 Å². The zero-order valence-electron chi connectivity index (χ0n) is 11.8. The average molecular weight is 294 g/mol. The highest BCUT2D eigenvalue weighted by molar-refractivity contribution is 7.15. The molecule has 0 bridgehead atoms. The summed E-state index contributed by atoms with van der Waals surface area (Å²) in [6.07, 6.45) is 0.190. The molecular weight excluding hydrogens is 276 g/mol. The molecule has 0 aliphatic carbocycles. The second-order valence-corrected chi connectivity index (χ2v) is 5.63. The number of esters is 1. The van der Waals surface area contributed by atoms with E-state index in [1.807, 2.05) is 26.0 Å². The number of aryl methyl sites for hydroxylation is 2. The Morgan fingerprint density at radius 3 is 2.85 bits per heavy atom. The third-order valence-electron chi connectivity index (χ3n) is 2.96. The molecule has 0 saturated heterocycles. The molecule has 0 fully saturated rings. The third-order valence-corrected chi connectivity index (χ3v) is 4.20. The molecule has 0 aliphatic heterocycles. The van der Waals surface area contributed by atoms with Crippen LogP contribution in [-0.4, -0.2) is 17.7 Å². The predicted octanol–water partition coefficient (Wildman–Crippen LogP) is 2.97. The molecule has 0 amide bonds. The summed E-state index contributed by atoms with van der Waals surface area (Å²) in [6, 6.07) is 3.58. The minimum atomic E-state index is -0.340. The molecule has 0 unspecified atom stereocenters. The highest BCUT2D eigenvalue weighted by atomic mass is 32.1. The van der Waals surface area contributed by atoms with Crippen molar-refractivity contribution in [3.8, 4) is 10.4 Å². The number of ether oxygens (including phenoxy) is 1. The number of hydrogen-bond acceptors (Lipinski definition) is 6. The molecule has 2 aromatic heterocycles. The molecule has 2 N–H and O–H groups in total. The van der Waals surface area contributed by atoms with Crippen LogP contribution in [0.15, 0.2) is 16.7 Å². The molecule has 0 saturated carbocycles. The van der Waals surface area contributed by atoms with Gasteiger partial charge in [-0.1, -0.05) is 5.16 Å². The lowest BCUT2D eigenvalue weighted by Crippen LogP contribution is -2.16. The van der Waals surface area contributed by atoms with Gasteiger partial charge in [0.1, 0.15) is 5.76 Å². The van der Waals surface area contributed by atoms with E-state index >= 15 is 0 Å². The Hall–Kier alpha value is -1.66. The van der Waals surface area contributed by atoms with Crippen molar-refractivity contribution < 1.29 is 14.1 Å². The highest BCUT2D eigenvalue weighted by Gasteiger charge is 2.18. The van der Waals surface area contributed by atoms with Gasteiger partial charge in [0, 0.05) is 15.8 Å². The summed E-state index contributed by atoms with van der Waals surface area (Å²) < 4.78 is 10.1. The zero-order chi connectivity index (χ0) is 14.7. The Morgan fingerprint density at radius 1 is 1.50 bits per heavy atom. The van der Waals surface area contributed by atoms with Crippen LogP contribution in [0.1, 0.15) is 35.7 Å². The summed E-state index contributed by atoms with van der Waals surface area (Å²) in [6.45, 7) is 5.95. The fraction of sp³-hybridized carbons (Fsp3) is 0.429. The minimum Gasteiger partial charge on any atom is -0.466 e. The average Bonchev–Trinajstić information content (AvgIpc) is 2.97. The first-order valence-corrected chi connectivity index (χ1v) is 7.28. The van der Waals surface area contributed by atoms with E-state index in [0.29, 0.717) is 6.61 Å². The molecule has 2 aromatic rings. The number of aromatic nitrogens is 1. The SMILES string of the molecule is CCOC(=O)C[C@H](N)c1ccc(-c2c(C)noc2C)s1. The van der Waals surface area contributed by atoms with Gasteiger partial charge in [-0.3, -0.25) is 4.79 Å². The zero-order valence-corrected chi connectivity index (χ0v) is 12.6. The monoisotopic (exact) mass is 294 g/mol. The molecule has 20 heavy (non-hydrogen) atoms. The largest absolute Gasteiger partial charge is 0.466 e. The van der Waals surface area contributed by atoms with E-state index in [-0.39, 0.29) is 18.4 Å². The number of thiophene rings is 1. The molecule has 0 aliphatic rings. The highest BCUT2D eigenvalue weighted by Crippen LogP contribution is 2.35. The number of carbonyl (C=O) groups excluding carboxylic acids is 1. The first kappa shape index (κ1) is 14.7. The maximum Gasteiger partial charge on any atom is 0.307 e.